The lowest BCUT2D eigenvalue weighted by Gasteiger charge is -2.41. The van der Waals surface area contributed by atoms with Crippen molar-refractivity contribution in [1.29, 1.82) is 5.26 Å². The average molecular weight is 873 g/mol. The molecule has 2 fully saturated rings. The Balaban J connectivity index is 1.52. The molecule has 0 spiro atoms. The maximum atomic E-state index is 13.2. The summed E-state index contributed by atoms with van der Waals surface area (Å²) in [5.41, 5.74) is -0.667. The SMILES string of the molecule is CC(C)C(=O)Nc1nc2c(ncn2[C@@H]2O[C@H](CO)[C@@H](O[Si](C)(C)C(C)(C)C)[C@H]2OP(=S)(OCCC#N)OC[C@H]2C[C@@H](Oc3ccncn3)C[C@@H]2O[PH](=O)O)c(=O)[nH]1. The van der Waals surface area contributed by atoms with Gasteiger partial charge in [0.1, 0.15) is 30.7 Å². The van der Waals surface area contributed by atoms with Gasteiger partial charge in [0, 0.05) is 30.5 Å². The number of aromatic amines is 1. The van der Waals surface area contributed by atoms with E-state index in [1.807, 2.05) is 39.9 Å². The molecule has 0 radical (unpaired) electrons. The van der Waals surface area contributed by atoms with Crippen LogP contribution in [0.4, 0.5) is 5.95 Å². The molecule has 20 nitrogen and oxygen atoms in total. The number of amides is 1. The molecular formula is C33H50N8O12P2SSi. The molecule has 1 aliphatic heterocycles. The van der Waals surface area contributed by atoms with Crippen molar-refractivity contribution in [3.8, 4) is 11.9 Å². The second kappa shape index (κ2) is 18.9. The van der Waals surface area contributed by atoms with Crippen LogP contribution in [-0.2, 0) is 48.4 Å². The van der Waals surface area contributed by atoms with Crippen LogP contribution < -0.4 is 15.6 Å². The topological polar surface area (TPSA) is 264 Å². The number of aliphatic hydroxyl groups excluding tert-OH is 1. The number of hydrogen-bond acceptors (Lipinski definition) is 17. The van der Waals surface area contributed by atoms with E-state index in [0.717, 1.165) is 0 Å². The van der Waals surface area contributed by atoms with Crippen LogP contribution >= 0.6 is 15.0 Å². The summed E-state index contributed by atoms with van der Waals surface area (Å²) in [5.74, 6) is -1.12. The summed E-state index contributed by atoms with van der Waals surface area (Å²) in [5, 5.41) is 22.4. The first kappa shape index (κ1) is 45.1. The first-order valence-corrected chi connectivity index (χ1v) is 25.1. The van der Waals surface area contributed by atoms with Crippen molar-refractivity contribution in [3.05, 3.63) is 35.3 Å². The molecule has 314 valence electrons. The second-order valence-corrected chi connectivity index (χ2v) is 24.0. The van der Waals surface area contributed by atoms with Gasteiger partial charge >= 0.3 is 15.0 Å². The van der Waals surface area contributed by atoms with Gasteiger partial charge in [0.05, 0.1) is 44.7 Å². The highest BCUT2D eigenvalue weighted by Crippen LogP contribution is 2.56. The van der Waals surface area contributed by atoms with Gasteiger partial charge in [0.2, 0.25) is 17.7 Å². The monoisotopic (exact) mass is 872 g/mol. The minimum atomic E-state index is -3.90. The molecule has 0 aromatic carbocycles. The summed E-state index contributed by atoms with van der Waals surface area (Å²) in [6, 6.07) is 3.60. The predicted octanol–water partition coefficient (Wildman–Crippen LogP) is 3.97. The fourth-order valence-corrected chi connectivity index (χ4v) is 10.0. The van der Waals surface area contributed by atoms with E-state index in [4.69, 9.17) is 43.8 Å². The molecule has 5 rings (SSSR count). The third-order valence-electron chi connectivity index (χ3n) is 10.0. The highest BCUT2D eigenvalue weighted by Gasteiger charge is 2.54. The Morgan fingerprint density at radius 1 is 1.26 bits per heavy atom. The molecular weight excluding hydrogens is 823 g/mol. The lowest BCUT2D eigenvalue weighted by atomic mass is 10.1. The van der Waals surface area contributed by atoms with E-state index < -0.39 is 84.0 Å². The normalized spacial score (nSPS) is 25.7. The second-order valence-electron chi connectivity index (χ2n) is 15.5. The maximum absolute atomic E-state index is 13.2. The molecule has 1 aliphatic carbocycles. The average Bonchev–Trinajstić information content (AvgIpc) is 3.82. The number of hydrogen-bond donors (Lipinski definition) is 4. The quantitative estimate of drug-likeness (QED) is 0.0800. The van der Waals surface area contributed by atoms with Crippen molar-refractivity contribution in [1.82, 2.24) is 29.5 Å². The molecule has 2 unspecified atom stereocenters. The number of anilines is 1. The van der Waals surface area contributed by atoms with Gasteiger partial charge in [0.25, 0.3) is 5.56 Å². The minimum Gasteiger partial charge on any atom is -0.474 e. The lowest BCUT2D eigenvalue weighted by Crippen LogP contribution is -2.50. The molecule has 24 heteroatoms. The summed E-state index contributed by atoms with van der Waals surface area (Å²) >= 11 is 6.02. The van der Waals surface area contributed by atoms with Crippen LogP contribution in [0.5, 0.6) is 5.88 Å². The lowest BCUT2D eigenvalue weighted by molar-refractivity contribution is -0.118. The van der Waals surface area contributed by atoms with E-state index in [-0.39, 0.29) is 54.1 Å². The van der Waals surface area contributed by atoms with Gasteiger partial charge in [-0.2, -0.15) is 10.2 Å². The molecule has 3 aromatic heterocycles. The van der Waals surface area contributed by atoms with Crippen LogP contribution in [0.25, 0.3) is 11.2 Å². The first-order chi connectivity index (χ1) is 26.8. The highest BCUT2D eigenvalue weighted by atomic mass is 32.5. The molecule has 3 aromatic rings. The number of aromatic nitrogens is 6. The molecule has 1 saturated heterocycles. The van der Waals surface area contributed by atoms with Gasteiger partial charge in [-0.05, 0) is 36.4 Å². The van der Waals surface area contributed by atoms with Crippen LogP contribution in [0, 0.1) is 23.2 Å². The van der Waals surface area contributed by atoms with Crippen molar-refractivity contribution >= 4 is 58.1 Å². The third kappa shape index (κ3) is 11.2. The van der Waals surface area contributed by atoms with Crippen LogP contribution in [0.3, 0.4) is 0 Å². The summed E-state index contributed by atoms with van der Waals surface area (Å²) in [4.78, 5) is 54.7. The number of carbonyl (C=O) groups is 1. The van der Waals surface area contributed by atoms with Crippen molar-refractivity contribution in [2.75, 3.05) is 25.1 Å². The van der Waals surface area contributed by atoms with E-state index in [1.165, 1.54) is 23.4 Å². The Morgan fingerprint density at radius 3 is 2.65 bits per heavy atom. The van der Waals surface area contributed by atoms with Gasteiger partial charge in [-0.25, -0.2) is 15.0 Å². The number of nitriles is 1. The zero-order chi connectivity index (χ0) is 41.7. The van der Waals surface area contributed by atoms with E-state index in [9.17, 15) is 29.4 Å². The van der Waals surface area contributed by atoms with E-state index in [1.54, 1.807) is 19.9 Å². The fraction of sp³-hybridized carbons (Fsp3) is 0.667. The Labute approximate surface area is 336 Å². The Morgan fingerprint density at radius 2 is 2.02 bits per heavy atom. The molecule has 0 bridgehead atoms. The van der Waals surface area contributed by atoms with Gasteiger partial charge in [-0.15, -0.1) is 0 Å². The number of H-pyrrole nitrogens is 1. The Hall–Kier alpha value is -3.03. The number of aliphatic hydroxyl groups is 1. The van der Waals surface area contributed by atoms with E-state index in [0.29, 0.717) is 12.3 Å². The zero-order valence-electron chi connectivity index (χ0n) is 32.7. The van der Waals surface area contributed by atoms with Crippen LogP contribution in [0.1, 0.15) is 60.1 Å². The number of ether oxygens (including phenoxy) is 2. The number of nitrogens with zero attached hydrogens (tertiary/aromatic N) is 6. The summed E-state index contributed by atoms with van der Waals surface area (Å²) in [6.45, 7) is 8.83. The number of imidazole rings is 1. The van der Waals surface area contributed by atoms with Gasteiger partial charge in [-0.1, -0.05) is 34.6 Å². The highest BCUT2D eigenvalue weighted by molar-refractivity contribution is 8.07. The summed E-state index contributed by atoms with van der Waals surface area (Å²) < 4.78 is 57.1. The minimum absolute atomic E-state index is 0.0283. The molecule has 57 heavy (non-hydrogen) atoms. The van der Waals surface area contributed by atoms with Crippen LogP contribution in [0.15, 0.2) is 29.7 Å². The largest absolute Gasteiger partial charge is 0.474 e. The standard InChI is InChI=1S/C33H50N8O12P2SSi/c1-19(2)29(43)39-32-38-28-25(30(44)40-32)37-18-41(28)31-27(26(23(15-42)50-31)53-57(6,7)33(3,4)5)52-55(56,47-12-8-10-34)48-16-20-13-21(14-22(20)51-54(45)46)49-24-9-11-35-17-36-24/h9,11,17-23,26-27,31,42,54H,8,12-16H2,1-7H3,(H,45,46)(H2,38,39,40,43,44)/t20-,21-,22+,23-,26-,27-,31-,55?/m1/s1. The third-order valence-corrected chi connectivity index (χ3v) is 17.4. The number of rotatable bonds is 18. The number of carbonyl (C=O) groups excluding carboxylic acids is 1. The van der Waals surface area contributed by atoms with Crippen molar-refractivity contribution < 1.29 is 51.4 Å². The van der Waals surface area contributed by atoms with Gasteiger partial charge in [0.15, 0.2) is 25.7 Å². The van der Waals surface area contributed by atoms with Crippen molar-refractivity contribution in [3.63, 3.8) is 0 Å². The molecule has 4 N–H and O–H groups in total. The molecule has 1 amide bonds. The molecule has 4 heterocycles. The molecule has 2 aliphatic rings. The van der Waals surface area contributed by atoms with Crippen molar-refractivity contribution in [2.45, 2.75) is 109 Å². The smallest absolute Gasteiger partial charge is 0.327 e. The zero-order valence-corrected chi connectivity index (χ0v) is 36.4. The number of fused-ring (bicyclic) bond motifs is 1. The van der Waals surface area contributed by atoms with Gasteiger partial charge in [-0.3, -0.25) is 33.5 Å². The predicted molar refractivity (Wildman–Crippen MR) is 211 cm³/mol. The van der Waals surface area contributed by atoms with Gasteiger partial charge < -0.3 is 37.5 Å². The molecule has 1 saturated carbocycles. The summed E-state index contributed by atoms with van der Waals surface area (Å²) in [6.07, 6.45) is -0.857. The Bertz CT molecular complexity index is 2030. The van der Waals surface area contributed by atoms with Crippen molar-refractivity contribution in [2.24, 2.45) is 11.8 Å². The number of nitrogens with one attached hydrogen (secondary N) is 2. The van der Waals surface area contributed by atoms with Crippen LogP contribution in [0.2, 0.25) is 18.1 Å². The van der Waals surface area contributed by atoms with Crippen LogP contribution in [-0.4, -0.2) is 104 Å². The molecule has 9 atom stereocenters. The Kier molecular flexibility index (Phi) is 15.0. The fourth-order valence-electron chi connectivity index (χ4n) is 6.02. The van der Waals surface area contributed by atoms with E-state index >= 15 is 0 Å². The van der Waals surface area contributed by atoms with E-state index in [2.05, 4.69) is 30.2 Å². The maximum Gasteiger partial charge on any atom is 0.327 e. The first-order valence-electron chi connectivity index (χ1n) is 18.3. The summed E-state index contributed by atoms with van der Waals surface area (Å²) in [7, 11) is -6.01.